The molecule has 0 fully saturated rings. The van der Waals surface area contributed by atoms with Gasteiger partial charge in [0, 0.05) is 16.2 Å². The maximum atomic E-state index is 6.22. The first-order chi connectivity index (χ1) is 25.6. The fourth-order valence-corrected chi connectivity index (χ4v) is 9.26. The van der Waals surface area contributed by atoms with E-state index in [1.54, 1.807) is 0 Å². The average molecular weight is 663 g/mol. The minimum absolute atomic E-state index is 0.0870. The second-order valence-electron chi connectivity index (χ2n) is 14.8. The van der Waals surface area contributed by atoms with Crippen LogP contribution in [-0.2, 0) is 5.41 Å². The molecule has 1 nitrogen and oxygen atoms in total. The number of rotatable bonds is 3. The predicted molar refractivity (Wildman–Crippen MR) is 220 cm³/mol. The van der Waals surface area contributed by atoms with E-state index in [4.69, 9.17) is 4.42 Å². The summed E-state index contributed by atoms with van der Waals surface area (Å²) in [7, 11) is 0. The third-order valence-electron chi connectivity index (χ3n) is 11.6. The minimum atomic E-state index is -0.0870. The zero-order valence-corrected chi connectivity index (χ0v) is 29.1. The van der Waals surface area contributed by atoms with E-state index in [0.717, 1.165) is 21.9 Å². The van der Waals surface area contributed by atoms with Gasteiger partial charge in [-0.15, -0.1) is 0 Å². The van der Waals surface area contributed by atoms with Crippen molar-refractivity contribution < 1.29 is 4.42 Å². The van der Waals surface area contributed by atoms with E-state index in [-0.39, 0.29) is 5.41 Å². The molecule has 0 unspecified atom stereocenters. The van der Waals surface area contributed by atoms with Crippen LogP contribution < -0.4 is 0 Å². The summed E-state index contributed by atoms with van der Waals surface area (Å²) in [6, 6.07) is 62.5. The van der Waals surface area contributed by atoms with Gasteiger partial charge < -0.3 is 4.42 Å². The summed E-state index contributed by atoms with van der Waals surface area (Å²) in [5.74, 6) is 0. The summed E-state index contributed by atoms with van der Waals surface area (Å²) < 4.78 is 6.22. The van der Waals surface area contributed by atoms with Gasteiger partial charge in [0.1, 0.15) is 11.2 Å². The molecule has 11 rings (SSSR count). The lowest BCUT2D eigenvalue weighted by Crippen LogP contribution is -2.14. The lowest BCUT2D eigenvalue weighted by Gasteiger charge is -2.22. The van der Waals surface area contributed by atoms with Crippen molar-refractivity contribution in [3.05, 3.63) is 181 Å². The molecular formula is C51H34O. The molecule has 0 N–H and O–H groups in total. The molecule has 0 radical (unpaired) electrons. The van der Waals surface area contributed by atoms with Crippen LogP contribution in [0.1, 0.15) is 25.0 Å². The number of furan rings is 1. The average Bonchev–Trinajstić information content (AvgIpc) is 3.68. The Morgan fingerprint density at radius 2 is 0.904 bits per heavy atom. The third kappa shape index (κ3) is 4.05. The van der Waals surface area contributed by atoms with Crippen LogP contribution in [0.15, 0.2) is 174 Å². The SMILES string of the molecule is CC1(C)c2cccc(-c3cccc(-c4c5ccccc5c(-c5ccc6oc7ccccc7c6c5)c5ccccc45)c3)c2-c2c1ccc1ccccc21. The molecule has 0 bridgehead atoms. The third-order valence-corrected chi connectivity index (χ3v) is 11.6. The van der Waals surface area contributed by atoms with Crippen LogP contribution in [0.5, 0.6) is 0 Å². The predicted octanol–water partition coefficient (Wildman–Crippen LogP) is 14.4. The molecule has 1 aliphatic rings. The number of hydrogen-bond acceptors (Lipinski definition) is 1. The van der Waals surface area contributed by atoms with Crippen molar-refractivity contribution in [2.24, 2.45) is 0 Å². The monoisotopic (exact) mass is 662 g/mol. The number of para-hydroxylation sites is 1. The van der Waals surface area contributed by atoms with Crippen LogP contribution >= 0.6 is 0 Å². The fourth-order valence-electron chi connectivity index (χ4n) is 9.26. The molecule has 1 aliphatic carbocycles. The molecule has 0 spiro atoms. The van der Waals surface area contributed by atoms with Crippen LogP contribution in [-0.4, -0.2) is 0 Å². The Kier molecular flexibility index (Phi) is 6.08. The highest BCUT2D eigenvalue weighted by Gasteiger charge is 2.37. The van der Waals surface area contributed by atoms with Crippen molar-refractivity contribution >= 4 is 54.3 Å². The molecule has 0 aliphatic heterocycles. The highest BCUT2D eigenvalue weighted by atomic mass is 16.3. The number of benzene rings is 9. The summed E-state index contributed by atoms with van der Waals surface area (Å²) in [4.78, 5) is 0. The zero-order valence-electron chi connectivity index (χ0n) is 29.1. The molecule has 0 saturated heterocycles. The van der Waals surface area contributed by atoms with Gasteiger partial charge in [0.2, 0.25) is 0 Å². The van der Waals surface area contributed by atoms with Crippen LogP contribution in [0.2, 0.25) is 0 Å². The zero-order chi connectivity index (χ0) is 34.6. The van der Waals surface area contributed by atoms with Crippen LogP contribution in [0.3, 0.4) is 0 Å². The highest BCUT2D eigenvalue weighted by Crippen LogP contribution is 2.55. The Bertz CT molecular complexity index is 3040. The number of hydrogen-bond donors (Lipinski definition) is 0. The maximum absolute atomic E-state index is 6.22. The molecule has 0 amide bonds. The van der Waals surface area contributed by atoms with E-state index in [0.29, 0.717) is 0 Å². The van der Waals surface area contributed by atoms with Gasteiger partial charge in [0.05, 0.1) is 0 Å². The summed E-state index contributed by atoms with van der Waals surface area (Å²) in [5, 5.41) is 9.89. The lowest BCUT2D eigenvalue weighted by atomic mass is 9.81. The Morgan fingerprint density at radius 3 is 1.63 bits per heavy atom. The van der Waals surface area contributed by atoms with Crippen LogP contribution in [0.4, 0.5) is 0 Å². The van der Waals surface area contributed by atoms with E-state index in [1.807, 2.05) is 12.1 Å². The van der Waals surface area contributed by atoms with Gasteiger partial charge in [-0.1, -0.05) is 159 Å². The Labute approximate surface area is 302 Å². The molecule has 10 aromatic rings. The molecule has 0 saturated carbocycles. The molecule has 52 heavy (non-hydrogen) atoms. The molecule has 1 heteroatoms. The molecule has 1 heterocycles. The lowest BCUT2D eigenvalue weighted by molar-refractivity contribution is 0.661. The van der Waals surface area contributed by atoms with Gasteiger partial charge in [-0.05, 0) is 112 Å². The van der Waals surface area contributed by atoms with Crippen molar-refractivity contribution in [1.82, 2.24) is 0 Å². The van der Waals surface area contributed by atoms with Crippen LogP contribution in [0, 0.1) is 0 Å². The summed E-state index contributed by atoms with van der Waals surface area (Å²) >= 11 is 0. The minimum Gasteiger partial charge on any atom is -0.456 e. The normalized spacial score (nSPS) is 13.3. The second kappa shape index (κ2) is 10.8. The van der Waals surface area contributed by atoms with Gasteiger partial charge in [-0.2, -0.15) is 0 Å². The largest absolute Gasteiger partial charge is 0.456 e. The maximum Gasteiger partial charge on any atom is 0.135 e. The second-order valence-corrected chi connectivity index (χ2v) is 14.8. The Balaban J connectivity index is 1.15. The van der Waals surface area contributed by atoms with E-state index in [1.165, 1.54) is 88.0 Å². The van der Waals surface area contributed by atoms with Crippen molar-refractivity contribution in [2.75, 3.05) is 0 Å². The van der Waals surface area contributed by atoms with Gasteiger partial charge in [0.15, 0.2) is 0 Å². The van der Waals surface area contributed by atoms with E-state index in [9.17, 15) is 0 Å². The molecule has 9 aromatic carbocycles. The van der Waals surface area contributed by atoms with Crippen molar-refractivity contribution in [1.29, 1.82) is 0 Å². The molecule has 1 aromatic heterocycles. The molecular weight excluding hydrogens is 629 g/mol. The Hall–Kier alpha value is -6.44. The smallest absolute Gasteiger partial charge is 0.135 e. The van der Waals surface area contributed by atoms with Gasteiger partial charge >= 0.3 is 0 Å². The van der Waals surface area contributed by atoms with Crippen molar-refractivity contribution in [2.45, 2.75) is 19.3 Å². The first kappa shape index (κ1) is 29.3. The quantitative estimate of drug-likeness (QED) is 0.172. The first-order valence-corrected chi connectivity index (χ1v) is 18.2. The standard InChI is InChI=1S/C51H34O/c1-51(2)43-23-12-22-36(50(43)49-35-16-4-3-13-31(35)25-27-44(49)51)32-14-11-15-33(29-32)47-38-18-5-7-20-40(38)48(41-21-8-6-19-39(41)47)34-26-28-46-42(30-34)37-17-9-10-24-45(37)52-46/h3-30H,1-2H3. The molecule has 0 atom stereocenters. The van der Waals surface area contributed by atoms with E-state index in [2.05, 4.69) is 172 Å². The molecule has 244 valence electrons. The summed E-state index contributed by atoms with van der Waals surface area (Å²) in [5.41, 5.74) is 14.7. The summed E-state index contributed by atoms with van der Waals surface area (Å²) in [6.45, 7) is 4.75. The summed E-state index contributed by atoms with van der Waals surface area (Å²) in [6.07, 6.45) is 0. The Morgan fingerprint density at radius 1 is 0.346 bits per heavy atom. The topological polar surface area (TPSA) is 13.1 Å². The van der Waals surface area contributed by atoms with E-state index >= 15 is 0 Å². The fraction of sp³-hybridized carbons (Fsp3) is 0.0588. The van der Waals surface area contributed by atoms with Gasteiger partial charge in [-0.3, -0.25) is 0 Å². The van der Waals surface area contributed by atoms with Gasteiger partial charge in [-0.25, -0.2) is 0 Å². The highest BCUT2D eigenvalue weighted by molar-refractivity contribution is 6.22. The van der Waals surface area contributed by atoms with Crippen molar-refractivity contribution in [3.63, 3.8) is 0 Å². The van der Waals surface area contributed by atoms with Crippen LogP contribution in [0.25, 0.3) is 98.8 Å². The van der Waals surface area contributed by atoms with Gasteiger partial charge in [0.25, 0.3) is 0 Å². The number of fused-ring (bicyclic) bond motifs is 10. The first-order valence-electron chi connectivity index (χ1n) is 18.2. The van der Waals surface area contributed by atoms with Crippen molar-refractivity contribution in [3.8, 4) is 44.5 Å². The van der Waals surface area contributed by atoms with E-state index < -0.39 is 0 Å².